The first-order valence-electron chi connectivity index (χ1n) is 7.37. The predicted octanol–water partition coefficient (Wildman–Crippen LogP) is 4.19. The van der Waals surface area contributed by atoms with Crippen LogP contribution in [0.4, 0.5) is 5.69 Å². The van der Waals surface area contributed by atoms with Gasteiger partial charge in [-0.3, -0.25) is 9.88 Å². The molecule has 0 amide bonds. The van der Waals surface area contributed by atoms with Gasteiger partial charge in [-0.05, 0) is 30.3 Å². The van der Waals surface area contributed by atoms with Crippen LogP contribution in [0.5, 0.6) is 0 Å². The lowest BCUT2D eigenvalue weighted by Gasteiger charge is -2.20. The summed E-state index contributed by atoms with van der Waals surface area (Å²) < 4.78 is 0. The van der Waals surface area contributed by atoms with Crippen molar-refractivity contribution in [1.82, 2.24) is 9.88 Å². The zero-order chi connectivity index (χ0) is 15.1. The summed E-state index contributed by atoms with van der Waals surface area (Å²) in [7, 11) is 0. The maximum atomic E-state index is 6.13. The largest absolute Gasteiger partial charge is 0.380 e. The van der Waals surface area contributed by atoms with Crippen molar-refractivity contribution in [2.75, 3.05) is 18.4 Å². The third-order valence-corrected chi connectivity index (χ3v) is 3.95. The van der Waals surface area contributed by atoms with Crippen LogP contribution in [0, 0.1) is 0 Å². The van der Waals surface area contributed by atoms with Gasteiger partial charge < -0.3 is 5.32 Å². The quantitative estimate of drug-likeness (QED) is 0.831. The molecular formula is C17H22ClN3. The summed E-state index contributed by atoms with van der Waals surface area (Å²) in [5.41, 5.74) is 3.58. The summed E-state index contributed by atoms with van der Waals surface area (Å²) >= 11 is 6.13. The Balaban J connectivity index is 2.08. The monoisotopic (exact) mass is 303 g/mol. The van der Waals surface area contributed by atoms with Crippen LogP contribution in [-0.4, -0.2) is 23.0 Å². The molecule has 1 N–H and O–H groups in total. The fourth-order valence-corrected chi connectivity index (χ4v) is 2.47. The average Bonchev–Trinajstić information content (AvgIpc) is 2.53. The molecule has 21 heavy (non-hydrogen) atoms. The van der Waals surface area contributed by atoms with Gasteiger partial charge >= 0.3 is 0 Å². The maximum Gasteiger partial charge on any atom is 0.0820 e. The normalized spacial score (nSPS) is 10.9. The van der Waals surface area contributed by atoms with E-state index in [-0.39, 0.29) is 0 Å². The molecule has 0 spiro atoms. The molecule has 1 heterocycles. The lowest BCUT2D eigenvalue weighted by atomic mass is 10.1. The third-order valence-electron chi connectivity index (χ3n) is 3.65. The zero-order valence-electron chi connectivity index (χ0n) is 12.6. The Bertz CT molecular complexity index is 567. The Morgan fingerprint density at radius 1 is 1.10 bits per heavy atom. The second kappa shape index (κ2) is 8.01. The number of aromatic nitrogens is 1. The number of hydrogen-bond acceptors (Lipinski definition) is 3. The van der Waals surface area contributed by atoms with E-state index in [2.05, 4.69) is 53.3 Å². The van der Waals surface area contributed by atoms with Gasteiger partial charge in [0.15, 0.2) is 0 Å². The molecule has 2 aromatic rings. The van der Waals surface area contributed by atoms with Crippen molar-refractivity contribution >= 4 is 17.3 Å². The average molecular weight is 304 g/mol. The molecular weight excluding hydrogens is 282 g/mol. The van der Waals surface area contributed by atoms with E-state index in [1.807, 2.05) is 6.07 Å². The van der Waals surface area contributed by atoms with Gasteiger partial charge in [0.2, 0.25) is 0 Å². The lowest BCUT2D eigenvalue weighted by molar-refractivity contribution is 0.295. The van der Waals surface area contributed by atoms with Gasteiger partial charge in [0.1, 0.15) is 0 Å². The molecule has 0 saturated heterocycles. The molecule has 0 atom stereocenters. The molecule has 1 aromatic carbocycles. The molecule has 0 radical (unpaired) electrons. The molecule has 4 heteroatoms. The Hall–Kier alpha value is -1.58. The topological polar surface area (TPSA) is 28.2 Å². The van der Waals surface area contributed by atoms with Crippen molar-refractivity contribution in [3.63, 3.8) is 0 Å². The highest BCUT2D eigenvalue weighted by molar-refractivity contribution is 6.33. The first-order chi connectivity index (χ1) is 10.2. The van der Waals surface area contributed by atoms with Crippen molar-refractivity contribution in [2.24, 2.45) is 0 Å². The summed E-state index contributed by atoms with van der Waals surface area (Å²) in [4.78, 5) is 6.42. The summed E-state index contributed by atoms with van der Waals surface area (Å²) in [6.07, 6.45) is 3.40. The van der Waals surface area contributed by atoms with Gasteiger partial charge in [-0.25, -0.2) is 0 Å². The fourth-order valence-electron chi connectivity index (χ4n) is 2.28. The van der Waals surface area contributed by atoms with E-state index in [1.54, 1.807) is 12.4 Å². The smallest absolute Gasteiger partial charge is 0.0820 e. The van der Waals surface area contributed by atoms with E-state index in [0.29, 0.717) is 5.02 Å². The minimum absolute atomic E-state index is 0.652. The maximum absolute atomic E-state index is 6.13. The van der Waals surface area contributed by atoms with Crippen molar-refractivity contribution in [1.29, 1.82) is 0 Å². The number of pyridine rings is 1. The predicted molar refractivity (Wildman–Crippen MR) is 89.6 cm³/mol. The van der Waals surface area contributed by atoms with E-state index in [4.69, 9.17) is 11.6 Å². The van der Waals surface area contributed by atoms with Crippen LogP contribution in [0.25, 0.3) is 0 Å². The minimum Gasteiger partial charge on any atom is -0.380 e. The molecule has 1 aromatic heterocycles. The van der Waals surface area contributed by atoms with Crippen LogP contribution in [0.15, 0.2) is 42.7 Å². The Morgan fingerprint density at radius 3 is 2.48 bits per heavy atom. The van der Waals surface area contributed by atoms with Crippen LogP contribution in [0.1, 0.15) is 25.0 Å². The molecule has 0 saturated carbocycles. The highest BCUT2D eigenvalue weighted by Gasteiger charge is 2.06. The number of rotatable bonds is 7. The number of benzene rings is 1. The molecule has 112 valence electrons. The molecule has 0 bridgehead atoms. The zero-order valence-corrected chi connectivity index (χ0v) is 13.4. The molecule has 0 unspecified atom stereocenters. The number of halogens is 1. The highest BCUT2D eigenvalue weighted by atomic mass is 35.5. The molecule has 3 nitrogen and oxygen atoms in total. The molecule has 0 fully saturated rings. The van der Waals surface area contributed by atoms with E-state index in [0.717, 1.165) is 31.9 Å². The van der Waals surface area contributed by atoms with Gasteiger partial charge in [-0.2, -0.15) is 0 Å². The van der Waals surface area contributed by atoms with Gasteiger partial charge in [-0.15, -0.1) is 0 Å². The second-order valence-corrected chi connectivity index (χ2v) is 5.35. The van der Waals surface area contributed by atoms with Gasteiger partial charge in [0.25, 0.3) is 0 Å². The van der Waals surface area contributed by atoms with Crippen molar-refractivity contribution in [3.05, 3.63) is 58.9 Å². The number of nitrogens with one attached hydrogen (secondary N) is 1. The van der Waals surface area contributed by atoms with Gasteiger partial charge in [0.05, 0.1) is 10.7 Å². The van der Waals surface area contributed by atoms with E-state index in [9.17, 15) is 0 Å². The Kier molecular flexibility index (Phi) is 6.03. The fraction of sp³-hybridized carbons (Fsp3) is 0.353. The first-order valence-corrected chi connectivity index (χ1v) is 7.74. The van der Waals surface area contributed by atoms with Crippen molar-refractivity contribution < 1.29 is 0 Å². The number of hydrogen-bond donors (Lipinski definition) is 1. The molecule has 2 rings (SSSR count). The SMILES string of the molecule is CCN(CC)Cc1ccccc1CNc1ccncc1Cl. The van der Waals surface area contributed by atoms with Crippen LogP contribution in [-0.2, 0) is 13.1 Å². The summed E-state index contributed by atoms with van der Waals surface area (Å²) in [6, 6.07) is 10.4. The molecule has 0 aliphatic rings. The van der Waals surface area contributed by atoms with E-state index in [1.165, 1.54) is 11.1 Å². The first kappa shape index (κ1) is 15.8. The van der Waals surface area contributed by atoms with Crippen LogP contribution in [0.2, 0.25) is 5.02 Å². The van der Waals surface area contributed by atoms with E-state index < -0.39 is 0 Å². The van der Waals surface area contributed by atoms with Gasteiger partial charge in [-0.1, -0.05) is 49.7 Å². The van der Waals surface area contributed by atoms with Crippen LogP contribution < -0.4 is 5.32 Å². The van der Waals surface area contributed by atoms with Crippen molar-refractivity contribution in [3.8, 4) is 0 Å². The Labute approximate surface area is 132 Å². The van der Waals surface area contributed by atoms with Crippen LogP contribution in [0.3, 0.4) is 0 Å². The summed E-state index contributed by atoms with van der Waals surface area (Å²) in [6.45, 7) is 8.27. The van der Waals surface area contributed by atoms with Crippen molar-refractivity contribution in [2.45, 2.75) is 26.9 Å². The van der Waals surface area contributed by atoms with E-state index >= 15 is 0 Å². The minimum atomic E-state index is 0.652. The third kappa shape index (κ3) is 4.45. The molecule has 0 aliphatic carbocycles. The van der Waals surface area contributed by atoms with Gasteiger partial charge in [0, 0.05) is 25.5 Å². The summed E-state index contributed by atoms with van der Waals surface area (Å²) in [5.74, 6) is 0. The second-order valence-electron chi connectivity index (χ2n) is 4.94. The Morgan fingerprint density at radius 2 is 1.81 bits per heavy atom. The van der Waals surface area contributed by atoms with Crippen LogP contribution >= 0.6 is 11.6 Å². The number of anilines is 1. The highest BCUT2D eigenvalue weighted by Crippen LogP contribution is 2.21. The molecule has 0 aliphatic heterocycles. The number of nitrogens with zero attached hydrogens (tertiary/aromatic N) is 2. The summed E-state index contributed by atoms with van der Waals surface area (Å²) in [5, 5.41) is 4.04. The lowest BCUT2D eigenvalue weighted by Crippen LogP contribution is -2.23. The standard InChI is InChI=1S/C17H22ClN3/c1-3-21(4-2)13-15-8-6-5-7-14(15)11-20-17-9-10-19-12-16(17)18/h5-10,12H,3-4,11,13H2,1-2H3,(H,19,20).